The van der Waals surface area contributed by atoms with Crippen LogP contribution in [0.25, 0.3) is 0 Å². The van der Waals surface area contributed by atoms with Gasteiger partial charge in [0.15, 0.2) is 11.5 Å². The van der Waals surface area contributed by atoms with E-state index >= 15 is 0 Å². The van der Waals surface area contributed by atoms with E-state index in [0.717, 1.165) is 5.56 Å². The second kappa shape index (κ2) is 12.9. The summed E-state index contributed by atoms with van der Waals surface area (Å²) in [5, 5.41) is 6.26. The Bertz CT molecular complexity index is 752. The maximum Gasteiger partial charge on any atom is 0.229 e. The number of anilines is 2. The van der Waals surface area contributed by atoms with E-state index in [1.807, 2.05) is 18.2 Å². The minimum absolute atomic E-state index is 0.0911. The van der Waals surface area contributed by atoms with Crippen molar-refractivity contribution in [2.75, 3.05) is 64.4 Å². The second-order valence-corrected chi connectivity index (χ2v) is 6.07. The third kappa shape index (κ3) is 8.24. The number of ether oxygens (including phenoxy) is 4. The fourth-order valence-corrected chi connectivity index (χ4v) is 2.48. The van der Waals surface area contributed by atoms with Crippen molar-refractivity contribution in [2.45, 2.75) is 6.54 Å². The van der Waals surface area contributed by atoms with Gasteiger partial charge >= 0.3 is 0 Å². The molecular formula is C18H27ClN6O4. The summed E-state index contributed by atoms with van der Waals surface area (Å²) in [6.07, 6.45) is 0. The number of nitrogens with two attached hydrogens (primary N) is 1. The molecule has 1 aromatic heterocycles. The van der Waals surface area contributed by atoms with E-state index in [1.54, 1.807) is 14.2 Å². The maximum absolute atomic E-state index is 5.99. The SMILES string of the molecule is COc1ccc(CNc2nc(Cl)nc(NCCOCCOCCN)n2)cc1OC. The Morgan fingerprint density at radius 2 is 1.59 bits per heavy atom. The lowest BCUT2D eigenvalue weighted by atomic mass is 10.2. The third-order valence-corrected chi connectivity index (χ3v) is 3.84. The molecule has 10 nitrogen and oxygen atoms in total. The molecule has 2 aromatic rings. The molecule has 0 amide bonds. The lowest BCUT2D eigenvalue weighted by Crippen LogP contribution is -2.16. The maximum atomic E-state index is 5.99. The van der Waals surface area contributed by atoms with Gasteiger partial charge in [-0.2, -0.15) is 15.0 Å². The first-order valence-electron chi connectivity index (χ1n) is 9.12. The Balaban J connectivity index is 1.81. The highest BCUT2D eigenvalue weighted by Crippen LogP contribution is 2.27. The monoisotopic (exact) mass is 426 g/mol. The molecule has 0 radical (unpaired) electrons. The molecule has 0 saturated carbocycles. The van der Waals surface area contributed by atoms with Crippen molar-refractivity contribution >= 4 is 23.5 Å². The van der Waals surface area contributed by atoms with E-state index in [9.17, 15) is 0 Å². The van der Waals surface area contributed by atoms with Crippen LogP contribution < -0.4 is 25.8 Å². The number of hydrogen-bond donors (Lipinski definition) is 3. The van der Waals surface area contributed by atoms with Crippen molar-refractivity contribution in [1.82, 2.24) is 15.0 Å². The summed E-state index contributed by atoms with van der Waals surface area (Å²) in [4.78, 5) is 12.5. The highest BCUT2D eigenvalue weighted by molar-refractivity contribution is 6.28. The summed E-state index contributed by atoms with van der Waals surface area (Å²) in [6, 6.07) is 5.64. The molecular weight excluding hydrogens is 400 g/mol. The summed E-state index contributed by atoms with van der Waals surface area (Å²) >= 11 is 5.99. The number of benzene rings is 1. The normalized spacial score (nSPS) is 10.6. The molecule has 0 aliphatic carbocycles. The average Bonchev–Trinajstić information content (AvgIpc) is 2.73. The molecule has 0 spiro atoms. The molecule has 0 aliphatic rings. The van der Waals surface area contributed by atoms with Crippen LogP contribution in [0.1, 0.15) is 5.56 Å². The molecule has 4 N–H and O–H groups in total. The summed E-state index contributed by atoms with van der Waals surface area (Å²) in [6.45, 7) is 3.52. The predicted octanol–water partition coefficient (Wildman–Crippen LogP) is 1.56. The topological polar surface area (TPSA) is 126 Å². The van der Waals surface area contributed by atoms with Crippen LogP contribution in [0.4, 0.5) is 11.9 Å². The van der Waals surface area contributed by atoms with E-state index in [4.69, 9.17) is 36.3 Å². The van der Waals surface area contributed by atoms with Crippen molar-refractivity contribution in [3.63, 3.8) is 0 Å². The van der Waals surface area contributed by atoms with Gasteiger partial charge in [-0.15, -0.1) is 0 Å². The molecule has 11 heteroatoms. The first-order valence-corrected chi connectivity index (χ1v) is 9.49. The largest absolute Gasteiger partial charge is 0.493 e. The summed E-state index contributed by atoms with van der Waals surface area (Å²) in [7, 11) is 3.19. The number of hydrogen-bond acceptors (Lipinski definition) is 10. The fourth-order valence-electron chi connectivity index (χ4n) is 2.32. The zero-order valence-corrected chi connectivity index (χ0v) is 17.4. The van der Waals surface area contributed by atoms with Gasteiger partial charge in [-0.05, 0) is 29.3 Å². The minimum Gasteiger partial charge on any atom is -0.493 e. The Kier molecular flexibility index (Phi) is 10.2. The molecule has 0 unspecified atom stereocenters. The van der Waals surface area contributed by atoms with Gasteiger partial charge in [-0.3, -0.25) is 0 Å². The molecule has 1 heterocycles. The van der Waals surface area contributed by atoms with Gasteiger partial charge in [0.1, 0.15) is 0 Å². The van der Waals surface area contributed by atoms with E-state index in [-0.39, 0.29) is 5.28 Å². The second-order valence-electron chi connectivity index (χ2n) is 5.73. The van der Waals surface area contributed by atoms with Gasteiger partial charge in [0.2, 0.25) is 17.2 Å². The van der Waals surface area contributed by atoms with Crippen molar-refractivity contribution in [3.8, 4) is 11.5 Å². The molecule has 2 rings (SSSR count). The molecule has 0 aliphatic heterocycles. The molecule has 1 aromatic carbocycles. The predicted molar refractivity (Wildman–Crippen MR) is 111 cm³/mol. The smallest absolute Gasteiger partial charge is 0.229 e. The Morgan fingerprint density at radius 1 is 0.897 bits per heavy atom. The van der Waals surface area contributed by atoms with Crippen LogP contribution in [-0.4, -0.2) is 68.7 Å². The van der Waals surface area contributed by atoms with Crippen molar-refractivity contribution in [2.24, 2.45) is 5.73 Å². The lowest BCUT2D eigenvalue weighted by Gasteiger charge is -2.11. The molecule has 0 atom stereocenters. The van der Waals surface area contributed by atoms with Crippen LogP contribution in [0.2, 0.25) is 5.28 Å². The quantitative estimate of drug-likeness (QED) is 0.383. The van der Waals surface area contributed by atoms with Gasteiger partial charge in [-0.1, -0.05) is 6.07 Å². The van der Waals surface area contributed by atoms with Crippen LogP contribution in [0.5, 0.6) is 11.5 Å². The first-order chi connectivity index (χ1) is 14.2. The van der Waals surface area contributed by atoms with Crippen LogP contribution in [-0.2, 0) is 16.0 Å². The molecule has 160 valence electrons. The van der Waals surface area contributed by atoms with E-state index in [0.29, 0.717) is 69.5 Å². The van der Waals surface area contributed by atoms with E-state index < -0.39 is 0 Å². The highest BCUT2D eigenvalue weighted by Gasteiger charge is 2.07. The Morgan fingerprint density at radius 3 is 2.28 bits per heavy atom. The van der Waals surface area contributed by atoms with Crippen LogP contribution in [0, 0.1) is 0 Å². The summed E-state index contributed by atoms with van der Waals surface area (Å²) < 4.78 is 21.2. The van der Waals surface area contributed by atoms with Gasteiger partial charge in [0.25, 0.3) is 0 Å². The van der Waals surface area contributed by atoms with Gasteiger partial charge in [0.05, 0.1) is 40.6 Å². The van der Waals surface area contributed by atoms with Crippen LogP contribution in [0.3, 0.4) is 0 Å². The van der Waals surface area contributed by atoms with Gasteiger partial charge in [-0.25, -0.2) is 0 Å². The molecule has 0 fully saturated rings. The molecule has 29 heavy (non-hydrogen) atoms. The number of methoxy groups -OCH3 is 2. The van der Waals surface area contributed by atoms with Crippen molar-refractivity contribution in [3.05, 3.63) is 29.0 Å². The number of nitrogens with zero attached hydrogens (tertiary/aromatic N) is 3. The standard InChI is InChI=1S/C18H27ClN6O4/c1-26-14-4-3-13(11-15(14)27-2)12-22-18-24-16(19)23-17(25-18)21-6-8-29-10-9-28-7-5-20/h3-4,11H,5-10,12,20H2,1-2H3,(H2,21,22,23,24,25). The molecule has 0 bridgehead atoms. The summed E-state index contributed by atoms with van der Waals surface area (Å²) in [5.41, 5.74) is 6.31. The Labute approximate surface area is 175 Å². The van der Waals surface area contributed by atoms with Crippen LogP contribution in [0.15, 0.2) is 18.2 Å². The Hall–Kier alpha value is -2.40. The number of nitrogens with one attached hydrogen (secondary N) is 2. The zero-order chi connectivity index (χ0) is 20.9. The minimum atomic E-state index is 0.0911. The average molecular weight is 427 g/mol. The lowest BCUT2D eigenvalue weighted by molar-refractivity contribution is 0.0547. The number of halogens is 1. The van der Waals surface area contributed by atoms with Gasteiger partial charge < -0.3 is 35.3 Å². The van der Waals surface area contributed by atoms with Crippen molar-refractivity contribution < 1.29 is 18.9 Å². The zero-order valence-electron chi connectivity index (χ0n) is 16.6. The fraction of sp³-hybridized carbons (Fsp3) is 0.500. The molecule has 0 saturated heterocycles. The number of aromatic nitrogens is 3. The highest BCUT2D eigenvalue weighted by atomic mass is 35.5. The summed E-state index contributed by atoms with van der Waals surface area (Å²) in [5.74, 6) is 2.04. The van der Waals surface area contributed by atoms with E-state index in [1.165, 1.54) is 0 Å². The van der Waals surface area contributed by atoms with Crippen molar-refractivity contribution in [1.29, 1.82) is 0 Å². The number of rotatable bonds is 14. The van der Waals surface area contributed by atoms with Gasteiger partial charge in [0, 0.05) is 19.6 Å². The van der Waals surface area contributed by atoms with Crippen LogP contribution >= 0.6 is 11.6 Å². The van der Waals surface area contributed by atoms with E-state index in [2.05, 4.69) is 25.6 Å². The third-order valence-electron chi connectivity index (χ3n) is 3.67. The first kappa shape index (κ1) is 22.9.